The van der Waals surface area contributed by atoms with Crippen molar-refractivity contribution in [2.24, 2.45) is 0 Å². The van der Waals surface area contributed by atoms with Gasteiger partial charge in [0.05, 0.1) is 20.3 Å². The smallest absolute Gasteiger partial charge is 0.251 e. The monoisotopic (exact) mass is 406 g/mol. The van der Waals surface area contributed by atoms with Crippen molar-refractivity contribution in [2.45, 2.75) is 26.8 Å². The first-order chi connectivity index (χ1) is 14.4. The second-order valence-corrected chi connectivity index (χ2v) is 6.99. The molecule has 0 saturated carbocycles. The number of anilines is 2. The van der Waals surface area contributed by atoms with E-state index in [1.165, 1.54) is 0 Å². The number of nitrogens with one attached hydrogen (secondary N) is 2. The molecule has 1 heterocycles. The average Bonchev–Trinajstić information content (AvgIpc) is 2.72. The number of nitrogens with zero attached hydrogens (tertiary/aromatic N) is 2. The number of hydrogen-bond donors (Lipinski definition) is 2. The molecule has 0 aliphatic carbocycles. The topological polar surface area (TPSA) is 85.4 Å². The molecule has 1 unspecified atom stereocenters. The van der Waals surface area contributed by atoms with Gasteiger partial charge in [0.15, 0.2) is 11.5 Å². The fourth-order valence-electron chi connectivity index (χ4n) is 3.13. The molecule has 1 amide bonds. The first-order valence-corrected chi connectivity index (χ1v) is 9.61. The van der Waals surface area contributed by atoms with Gasteiger partial charge in [0.2, 0.25) is 5.95 Å². The molecule has 7 nitrogen and oxygen atoms in total. The fourth-order valence-corrected chi connectivity index (χ4v) is 3.13. The molecule has 156 valence electrons. The summed E-state index contributed by atoms with van der Waals surface area (Å²) in [4.78, 5) is 21.5. The third kappa shape index (κ3) is 5.05. The van der Waals surface area contributed by atoms with Gasteiger partial charge in [-0.15, -0.1) is 0 Å². The summed E-state index contributed by atoms with van der Waals surface area (Å²) in [6.07, 6.45) is 0. The molecule has 1 aromatic heterocycles. The summed E-state index contributed by atoms with van der Waals surface area (Å²) in [5.74, 6) is 1.59. The van der Waals surface area contributed by atoms with Crippen LogP contribution in [0.3, 0.4) is 0 Å². The van der Waals surface area contributed by atoms with E-state index in [0.29, 0.717) is 23.0 Å². The molecule has 0 bridgehead atoms. The molecule has 0 aliphatic heterocycles. The highest BCUT2D eigenvalue weighted by atomic mass is 16.5. The van der Waals surface area contributed by atoms with Crippen molar-refractivity contribution in [3.8, 4) is 11.5 Å². The molecule has 3 aromatic rings. The lowest BCUT2D eigenvalue weighted by molar-refractivity contribution is 0.0940. The molecule has 2 aromatic carbocycles. The maximum Gasteiger partial charge on any atom is 0.251 e. The van der Waals surface area contributed by atoms with Crippen LogP contribution in [-0.2, 0) is 0 Å². The normalized spacial score (nSPS) is 11.5. The van der Waals surface area contributed by atoms with Crippen molar-refractivity contribution in [2.75, 3.05) is 19.5 Å². The molecule has 30 heavy (non-hydrogen) atoms. The second kappa shape index (κ2) is 9.26. The van der Waals surface area contributed by atoms with E-state index in [1.54, 1.807) is 26.4 Å². The minimum Gasteiger partial charge on any atom is -0.493 e. The lowest BCUT2D eigenvalue weighted by atomic mass is 10.1. The number of aromatic nitrogens is 2. The van der Waals surface area contributed by atoms with E-state index in [2.05, 4.69) is 20.6 Å². The fraction of sp³-hybridized carbons (Fsp3) is 0.261. The zero-order valence-electron chi connectivity index (χ0n) is 17.8. The second-order valence-electron chi connectivity index (χ2n) is 6.99. The summed E-state index contributed by atoms with van der Waals surface area (Å²) < 4.78 is 10.6. The Morgan fingerprint density at radius 2 is 1.63 bits per heavy atom. The van der Waals surface area contributed by atoms with E-state index < -0.39 is 0 Å². The Labute approximate surface area is 176 Å². The van der Waals surface area contributed by atoms with Crippen LogP contribution in [0.5, 0.6) is 11.5 Å². The molecular formula is C23H26N4O3. The quantitative estimate of drug-likeness (QED) is 0.607. The highest BCUT2D eigenvalue weighted by molar-refractivity contribution is 5.95. The summed E-state index contributed by atoms with van der Waals surface area (Å²) >= 11 is 0. The van der Waals surface area contributed by atoms with Crippen molar-refractivity contribution in [1.82, 2.24) is 15.3 Å². The Bertz CT molecular complexity index is 1030. The SMILES string of the molecule is COc1ccc(C(C)NC(=O)c2cccc(Nc3nc(C)cc(C)n3)c2)cc1OC. The van der Waals surface area contributed by atoms with Gasteiger partial charge in [0, 0.05) is 22.6 Å². The largest absolute Gasteiger partial charge is 0.493 e. The van der Waals surface area contributed by atoms with Crippen LogP contribution in [0.25, 0.3) is 0 Å². The summed E-state index contributed by atoms with van der Waals surface area (Å²) in [5.41, 5.74) is 3.95. The Morgan fingerprint density at radius 1 is 0.933 bits per heavy atom. The maximum absolute atomic E-state index is 12.8. The van der Waals surface area contributed by atoms with Gasteiger partial charge < -0.3 is 20.1 Å². The predicted octanol–water partition coefficient (Wildman–Crippen LogP) is 4.35. The summed E-state index contributed by atoms with van der Waals surface area (Å²) in [6, 6.07) is 14.5. The van der Waals surface area contributed by atoms with E-state index in [-0.39, 0.29) is 11.9 Å². The van der Waals surface area contributed by atoms with Crippen molar-refractivity contribution in [3.05, 3.63) is 71.0 Å². The van der Waals surface area contributed by atoms with E-state index in [4.69, 9.17) is 9.47 Å². The van der Waals surface area contributed by atoms with Gasteiger partial charge in [-0.2, -0.15) is 0 Å². The Morgan fingerprint density at radius 3 is 2.30 bits per heavy atom. The van der Waals surface area contributed by atoms with E-state index in [9.17, 15) is 4.79 Å². The van der Waals surface area contributed by atoms with Crippen LogP contribution in [0, 0.1) is 13.8 Å². The minimum absolute atomic E-state index is 0.178. The van der Waals surface area contributed by atoms with Crippen LogP contribution in [0.15, 0.2) is 48.5 Å². The summed E-state index contributed by atoms with van der Waals surface area (Å²) in [7, 11) is 3.18. The Hall–Kier alpha value is -3.61. The van der Waals surface area contributed by atoms with Crippen LogP contribution in [0.1, 0.15) is 40.3 Å². The molecular weight excluding hydrogens is 380 g/mol. The highest BCUT2D eigenvalue weighted by Gasteiger charge is 2.14. The molecule has 0 radical (unpaired) electrons. The molecule has 0 spiro atoms. The van der Waals surface area contributed by atoms with Crippen molar-refractivity contribution < 1.29 is 14.3 Å². The molecule has 2 N–H and O–H groups in total. The van der Waals surface area contributed by atoms with Crippen LogP contribution in [-0.4, -0.2) is 30.1 Å². The zero-order chi connectivity index (χ0) is 21.7. The number of methoxy groups -OCH3 is 2. The van der Waals surface area contributed by atoms with Gasteiger partial charge in [0.25, 0.3) is 5.91 Å². The van der Waals surface area contributed by atoms with Gasteiger partial charge in [-0.1, -0.05) is 12.1 Å². The van der Waals surface area contributed by atoms with Crippen LogP contribution in [0.4, 0.5) is 11.6 Å². The first kappa shape index (κ1) is 21.1. The molecule has 0 fully saturated rings. The number of aryl methyl sites for hydroxylation is 2. The van der Waals surface area contributed by atoms with Gasteiger partial charge in [-0.05, 0) is 62.7 Å². The molecule has 0 aliphatic rings. The van der Waals surface area contributed by atoms with Crippen LogP contribution < -0.4 is 20.1 Å². The number of carbonyl (C=O) groups excluding carboxylic acids is 1. The third-order valence-electron chi connectivity index (χ3n) is 4.62. The number of rotatable bonds is 7. The Balaban J connectivity index is 1.73. The molecule has 0 saturated heterocycles. The van der Waals surface area contributed by atoms with Crippen molar-refractivity contribution in [3.63, 3.8) is 0 Å². The van der Waals surface area contributed by atoms with Crippen LogP contribution in [0.2, 0.25) is 0 Å². The van der Waals surface area contributed by atoms with E-state index >= 15 is 0 Å². The molecule has 7 heteroatoms. The van der Waals surface area contributed by atoms with E-state index in [1.807, 2.05) is 57.2 Å². The lowest BCUT2D eigenvalue weighted by Gasteiger charge is -2.17. The van der Waals surface area contributed by atoms with E-state index in [0.717, 1.165) is 22.6 Å². The number of carbonyl (C=O) groups is 1. The van der Waals surface area contributed by atoms with Crippen molar-refractivity contribution >= 4 is 17.5 Å². The number of hydrogen-bond acceptors (Lipinski definition) is 6. The van der Waals surface area contributed by atoms with Crippen LogP contribution >= 0.6 is 0 Å². The standard InChI is InChI=1S/C23H26N4O3/c1-14-11-15(2)25-23(24-14)27-19-8-6-7-18(12-19)22(28)26-16(3)17-9-10-20(29-4)21(13-17)30-5/h6-13,16H,1-5H3,(H,26,28)(H,24,25,27). The highest BCUT2D eigenvalue weighted by Crippen LogP contribution is 2.30. The summed E-state index contributed by atoms with van der Waals surface area (Å²) in [5, 5.41) is 6.18. The number of benzene rings is 2. The van der Waals surface area contributed by atoms with Gasteiger partial charge >= 0.3 is 0 Å². The predicted molar refractivity (Wildman–Crippen MR) is 117 cm³/mol. The maximum atomic E-state index is 12.8. The van der Waals surface area contributed by atoms with Gasteiger partial charge in [-0.3, -0.25) is 4.79 Å². The zero-order valence-corrected chi connectivity index (χ0v) is 17.8. The number of amides is 1. The summed E-state index contributed by atoms with van der Waals surface area (Å²) in [6.45, 7) is 5.75. The third-order valence-corrected chi connectivity index (χ3v) is 4.62. The van der Waals surface area contributed by atoms with Crippen molar-refractivity contribution in [1.29, 1.82) is 0 Å². The Kier molecular flexibility index (Phi) is 6.51. The molecule has 1 atom stereocenters. The number of ether oxygens (including phenoxy) is 2. The minimum atomic E-state index is -0.211. The average molecular weight is 406 g/mol. The first-order valence-electron chi connectivity index (χ1n) is 9.61. The molecule has 3 rings (SSSR count). The van der Waals surface area contributed by atoms with Gasteiger partial charge in [-0.25, -0.2) is 9.97 Å². The van der Waals surface area contributed by atoms with Gasteiger partial charge in [0.1, 0.15) is 0 Å². The lowest BCUT2D eigenvalue weighted by Crippen LogP contribution is -2.26.